The van der Waals surface area contributed by atoms with Gasteiger partial charge in [-0.3, -0.25) is 4.79 Å². The molecule has 166 valence electrons. The summed E-state index contributed by atoms with van der Waals surface area (Å²) in [5, 5.41) is 3.07. The average molecular weight is 449 g/mol. The van der Waals surface area contributed by atoms with Crippen molar-refractivity contribution in [3.05, 3.63) is 90.0 Å². The van der Waals surface area contributed by atoms with Gasteiger partial charge in [0, 0.05) is 30.3 Å². The highest BCUT2D eigenvalue weighted by Crippen LogP contribution is 2.29. The van der Waals surface area contributed by atoms with Gasteiger partial charge in [-0.05, 0) is 37.0 Å². The summed E-state index contributed by atoms with van der Waals surface area (Å²) in [7, 11) is -3.40. The lowest BCUT2D eigenvalue weighted by Gasteiger charge is -2.30. The van der Waals surface area contributed by atoms with E-state index in [2.05, 4.69) is 5.32 Å². The van der Waals surface area contributed by atoms with Crippen molar-refractivity contribution in [1.82, 2.24) is 4.31 Å². The number of hydrogen-bond donors (Lipinski definition) is 1. The largest absolute Gasteiger partial charge is 0.325 e. The lowest BCUT2D eigenvalue weighted by molar-refractivity contribution is -0.120. The molecule has 1 aliphatic rings. The molecule has 0 bridgehead atoms. The number of nitrogens with one attached hydrogen (secondary N) is 1. The number of rotatable bonds is 6. The molecule has 0 radical (unpaired) electrons. The third-order valence-corrected chi connectivity index (χ3v) is 7.77. The first kappa shape index (κ1) is 22.2. The zero-order valence-corrected chi connectivity index (χ0v) is 19.0. The van der Waals surface area contributed by atoms with Crippen LogP contribution in [0.3, 0.4) is 0 Å². The summed E-state index contributed by atoms with van der Waals surface area (Å²) >= 11 is 0. The van der Waals surface area contributed by atoms with Crippen molar-refractivity contribution < 1.29 is 13.2 Å². The van der Waals surface area contributed by atoms with Gasteiger partial charge in [-0.2, -0.15) is 0 Å². The zero-order chi connectivity index (χ0) is 22.6. The van der Waals surface area contributed by atoms with Crippen molar-refractivity contribution >= 4 is 21.6 Å². The molecule has 0 unspecified atom stereocenters. The average Bonchev–Trinajstić information content (AvgIpc) is 2.80. The maximum absolute atomic E-state index is 13.0. The molecular formula is C26H28N2O3S. The van der Waals surface area contributed by atoms with Crippen LogP contribution in [0.15, 0.2) is 78.9 Å². The van der Waals surface area contributed by atoms with E-state index in [1.165, 1.54) is 4.31 Å². The lowest BCUT2D eigenvalue weighted by Crippen LogP contribution is -2.41. The first-order valence-corrected chi connectivity index (χ1v) is 12.5. The monoisotopic (exact) mass is 448 g/mol. The van der Waals surface area contributed by atoms with Crippen LogP contribution in [-0.4, -0.2) is 31.7 Å². The number of para-hydroxylation sites is 1. The van der Waals surface area contributed by atoms with Crippen LogP contribution in [0, 0.1) is 12.8 Å². The first-order valence-electron chi connectivity index (χ1n) is 10.9. The van der Waals surface area contributed by atoms with Crippen LogP contribution in [-0.2, 0) is 20.6 Å². The fourth-order valence-corrected chi connectivity index (χ4v) is 5.75. The third kappa shape index (κ3) is 5.26. The molecule has 1 heterocycles. The molecule has 32 heavy (non-hydrogen) atoms. The van der Waals surface area contributed by atoms with Gasteiger partial charge in [0.05, 0.1) is 5.75 Å². The Morgan fingerprint density at radius 2 is 1.62 bits per heavy atom. The van der Waals surface area contributed by atoms with Crippen LogP contribution in [0.1, 0.15) is 24.0 Å². The normalized spacial score (nSPS) is 15.4. The highest BCUT2D eigenvalue weighted by atomic mass is 32.2. The smallest absolute Gasteiger partial charge is 0.227 e. The fourth-order valence-electron chi connectivity index (χ4n) is 4.20. The van der Waals surface area contributed by atoms with Gasteiger partial charge in [0.25, 0.3) is 0 Å². The number of piperidine rings is 1. The van der Waals surface area contributed by atoms with Crippen molar-refractivity contribution in [2.45, 2.75) is 25.5 Å². The molecule has 1 amide bonds. The van der Waals surface area contributed by atoms with E-state index in [-0.39, 0.29) is 17.6 Å². The molecule has 3 aromatic carbocycles. The lowest BCUT2D eigenvalue weighted by atomic mass is 9.96. The number of aryl methyl sites for hydroxylation is 1. The number of nitrogens with zero attached hydrogens (tertiary/aromatic N) is 1. The molecule has 1 N–H and O–H groups in total. The number of carbonyl (C=O) groups is 1. The van der Waals surface area contributed by atoms with Crippen molar-refractivity contribution in [2.75, 3.05) is 18.4 Å². The van der Waals surface area contributed by atoms with E-state index in [0.717, 1.165) is 27.9 Å². The van der Waals surface area contributed by atoms with Crippen LogP contribution in [0.2, 0.25) is 0 Å². The highest BCUT2D eigenvalue weighted by molar-refractivity contribution is 7.88. The summed E-state index contributed by atoms with van der Waals surface area (Å²) in [4.78, 5) is 13.0. The second kappa shape index (κ2) is 9.67. The van der Waals surface area contributed by atoms with Gasteiger partial charge in [0.15, 0.2) is 0 Å². The summed E-state index contributed by atoms with van der Waals surface area (Å²) in [6, 6.07) is 25.3. The minimum Gasteiger partial charge on any atom is -0.325 e. The van der Waals surface area contributed by atoms with Crippen LogP contribution >= 0.6 is 0 Å². The Kier molecular flexibility index (Phi) is 6.72. The van der Waals surface area contributed by atoms with Gasteiger partial charge >= 0.3 is 0 Å². The molecule has 6 heteroatoms. The molecule has 1 aliphatic heterocycles. The third-order valence-electron chi connectivity index (χ3n) is 5.92. The molecular weight excluding hydrogens is 420 g/mol. The predicted molar refractivity (Wildman–Crippen MR) is 129 cm³/mol. The Morgan fingerprint density at radius 3 is 2.34 bits per heavy atom. The van der Waals surface area contributed by atoms with E-state index in [4.69, 9.17) is 0 Å². The van der Waals surface area contributed by atoms with Gasteiger partial charge in [0.2, 0.25) is 15.9 Å². The topological polar surface area (TPSA) is 66.5 Å². The van der Waals surface area contributed by atoms with E-state index < -0.39 is 10.0 Å². The highest BCUT2D eigenvalue weighted by Gasteiger charge is 2.31. The molecule has 0 saturated carbocycles. The van der Waals surface area contributed by atoms with Crippen molar-refractivity contribution in [3.63, 3.8) is 0 Å². The summed E-state index contributed by atoms with van der Waals surface area (Å²) < 4.78 is 27.2. The summed E-state index contributed by atoms with van der Waals surface area (Å²) in [5.41, 5.74) is 4.63. The Hall–Kier alpha value is -2.96. The number of amides is 1. The van der Waals surface area contributed by atoms with Gasteiger partial charge in [-0.1, -0.05) is 78.4 Å². The van der Waals surface area contributed by atoms with Gasteiger partial charge in [-0.25, -0.2) is 12.7 Å². The molecule has 0 atom stereocenters. The standard InChI is InChI=1S/C26H28N2O3S/c1-20-8-7-9-21(18-20)19-32(30,31)28-16-14-23(15-17-28)26(29)27-25-13-6-5-12-24(25)22-10-3-2-4-11-22/h2-13,18,23H,14-17,19H2,1H3,(H,27,29). The fraction of sp³-hybridized carbons (Fsp3) is 0.269. The molecule has 1 fully saturated rings. The van der Waals surface area contributed by atoms with Gasteiger partial charge in [-0.15, -0.1) is 0 Å². The van der Waals surface area contributed by atoms with Crippen molar-refractivity contribution in [1.29, 1.82) is 0 Å². The molecule has 3 aromatic rings. The molecule has 0 spiro atoms. The molecule has 0 aromatic heterocycles. The zero-order valence-electron chi connectivity index (χ0n) is 18.2. The van der Waals surface area contributed by atoms with Crippen LogP contribution in [0.25, 0.3) is 11.1 Å². The molecule has 5 nitrogen and oxygen atoms in total. The van der Waals surface area contributed by atoms with Crippen molar-refractivity contribution in [2.24, 2.45) is 5.92 Å². The van der Waals surface area contributed by atoms with E-state index in [1.54, 1.807) is 0 Å². The van der Waals surface area contributed by atoms with Crippen LogP contribution in [0.5, 0.6) is 0 Å². The molecule has 4 rings (SSSR count). The minimum absolute atomic E-state index is 0.00397. The maximum atomic E-state index is 13.0. The molecule has 0 aliphatic carbocycles. The number of hydrogen-bond acceptors (Lipinski definition) is 3. The minimum atomic E-state index is -3.40. The van der Waals surface area contributed by atoms with E-state index in [9.17, 15) is 13.2 Å². The van der Waals surface area contributed by atoms with Gasteiger partial charge < -0.3 is 5.32 Å². The first-order chi connectivity index (χ1) is 15.4. The predicted octanol–water partition coefficient (Wildman–Crippen LogP) is 4.84. The Bertz CT molecular complexity index is 1180. The number of sulfonamides is 1. The van der Waals surface area contributed by atoms with E-state index in [1.807, 2.05) is 85.8 Å². The number of benzene rings is 3. The Labute approximate surface area is 190 Å². The van der Waals surface area contributed by atoms with Gasteiger partial charge in [0.1, 0.15) is 0 Å². The summed E-state index contributed by atoms with van der Waals surface area (Å²) in [5.74, 6) is -0.260. The number of anilines is 1. The van der Waals surface area contributed by atoms with Crippen LogP contribution in [0.4, 0.5) is 5.69 Å². The Morgan fingerprint density at radius 1 is 0.938 bits per heavy atom. The second-order valence-corrected chi connectivity index (χ2v) is 10.3. The van der Waals surface area contributed by atoms with E-state index >= 15 is 0 Å². The second-order valence-electron chi connectivity index (χ2n) is 8.32. The summed E-state index contributed by atoms with van der Waals surface area (Å²) in [6.07, 6.45) is 1.04. The maximum Gasteiger partial charge on any atom is 0.227 e. The van der Waals surface area contributed by atoms with E-state index in [0.29, 0.717) is 25.9 Å². The SMILES string of the molecule is Cc1cccc(CS(=O)(=O)N2CCC(C(=O)Nc3ccccc3-c3ccccc3)CC2)c1. The molecule has 1 saturated heterocycles. The quantitative estimate of drug-likeness (QED) is 0.587. The summed E-state index contributed by atoms with van der Waals surface area (Å²) in [6.45, 7) is 2.69. The number of carbonyl (C=O) groups excluding carboxylic acids is 1. The van der Waals surface area contributed by atoms with Crippen molar-refractivity contribution in [3.8, 4) is 11.1 Å². The van der Waals surface area contributed by atoms with Crippen LogP contribution < -0.4 is 5.32 Å². The Balaban J connectivity index is 1.38.